The van der Waals surface area contributed by atoms with Crippen molar-refractivity contribution in [3.8, 4) is 17.1 Å². The van der Waals surface area contributed by atoms with Crippen LogP contribution in [-0.4, -0.2) is 45.3 Å². The van der Waals surface area contributed by atoms with Gasteiger partial charge in [0.15, 0.2) is 0 Å². The molecule has 2 aliphatic heterocycles. The van der Waals surface area contributed by atoms with Crippen LogP contribution < -0.4 is 4.74 Å². The predicted octanol–water partition coefficient (Wildman–Crippen LogP) is 3.71. The van der Waals surface area contributed by atoms with Crippen LogP contribution in [0, 0.1) is 5.92 Å². The molecule has 0 bridgehead atoms. The largest absolute Gasteiger partial charge is 0.494 e. The maximum Gasteiger partial charge on any atom is 0.139 e. The van der Waals surface area contributed by atoms with Crippen molar-refractivity contribution in [1.82, 2.24) is 14.5 Å². The van der Waals surface area contributed by atoms with Gasteiger partial charge in [-0.3, -0.25) is 0 Å². The van der Waals surface area contributed by atoms with E-state index in [4.69, 9.17) is 4.74 Å². The topological polar surface area (TPSA) is 50.5 Å². The van der Waals surface area contributed by atoms with E-state index >= 15 is 0 Å². The van der Waals surface area contributed by atoms with Crippen molar-refractivity contribution in [3.05, 3.63) is 36.2 Å². The number of rotatable bonds is 6. The van der Waals surface area contributed by atoms with Crippen LogP contribution in [0.25, 0.3) is 11.4 Å². The van der Waals surface area contributed by atoms with Crippen molar-refractivity contribution >= 4 is 0 Å². The summed E-state index contributed by atoms with van der Waals surface area (Å²) in [6, 6.07) is 6.75. The Morgan fingerprint density at radius 3 is 2.93 bits per heavy atom. The molecule has 2 aromatic rings. The highest BCUT2D eigenvalue weighted by molar-refractivity contribution is 5.59. The second kappa shape index (κ2) is 8.44. The van der Waals surface area contributed by atoms with E-state index in [9.17, 15) is 5.11 Å². The lowest BCUT2D eigenvalue weighted by Gasteiger charge is -2.44. The normalized spacial score (nSPS) is 23.2. The average Bonchev–Trinajstić information content (AvgIpc) is 3.17. The zero-order chi connectivity index (χ0) is 18.6. The lowest BCUT2D eigenvalue weighted by Crippen LogP contribution is -2.49. The summed E-state index contributed by atoms with van der Waals surface area (Å²) in [7, 11) is 0. The molecule has 27 heavy (non-hydrogen) atoms. The molecule has 2 fully saturated rings. The van der Waals surface area contributed by atoms with Gasteiger partial charge >= 0.3 is 0 Å². The van der Waals surface area contributed by atoms with E-state index in [-0.39, 0.29) is 6.61 Å². The van der Waals surface area contributed by atoms with Crippen LogP contribution in [0.15, 0.2) is 30.6 Å². The molecular weight excluding hydrogens is 338 g/mol. The van der Waals surface area contributed by atoms with Crippen LogP contribution in [0.4, 0.5) is 0 Å². The summed E-state index contributed by atoms with van der Waals surface area (Å²) in [6.45, 7) is 6.11. The van der Waals surface area contributed by atoms with Crippen molar-refractivity contribution < 1.29 is 9.84 Å². The number of imidazole rings is 1. The van der Waals surface area contributed by atoms with Crippen molar-refractivity contribution in [1.29, 1.82) is 0 Å². The summed E-state index contributed by atoms with van der Waals surface area (Å²) in [5, 5.41) is 9.71. The lowest BCUT2D eigenvalue weighted by molar-refractivity contribution is 0.0521. The smallest absolute Gasteiger partial charge is 0.139 e. The summed E-state index contributed by atoms with van der Waals surface area (Å²) in [6.07, 6.45) is 10.7. The molecule has 0 saturated carbocycles. The van der Waals surface area contributed by atoms with E-state index < -0.39 is 0 Å². The minimum Gasteiger partial charge on any atom is -0.494 e. The Balaban J connectivity index is 1.56. The fourth-order valence-electron chi connectivity index (χ4n) is 4.90. The number of fused-ring (bicyclic) bond motifs is 1. The Bertz CT molecular complexity index is 756. The molecule has 3 heterocycles. The number of nitrogens with zero attached hydrogens (tertiary/aromatic N) is 3. The monoisotopic (exact) mass is 369 g/mol. The third-order valence-electron chi connectivity index (χ3n) is 6.16. The number of aliphatic hydroxyl groups is 1. The first-order chi connectivity index (χ1) is 13.3. The molecule has 5 heteroatoms. The zero-order valence-corrected chi connectivity index (χ0v) is 16.3. The average molecular weight is 370 g/mol. The second-order valence-electron chi connectivity index (χ2n) is 7.82. The summed E-state index contributed by atoms with van der Waals surface area (Å²) in [4.78, 5) is 7.35. The predicted molar refractivity (Wildman–Crippen MR) is 107 cm³/mol. The highest BCUT2D eigenvalue weighted by atomic mass is 16.5. The molecule has 0 unspecified atom stereocenters. The standard InChI is InChI=1S/C22H31N3O2/c1-2-27-21-9-8-17(14-19(21)16-26)22-23-10-13-25(22)15-18-6-5-12-24-11-4-3-7-20(18)24/h8-10,13-14,18,20,26H,2-7,11-12,15-16H2,1H3/t18-,20+/m0/s1. The number of benzene rings is 1. The van der Waals surface area contributed by atoms with Crippen LogP contribution in [-0.2, 0) is 13.2 Å². The third kappa shape index (κ3) is 3.90. The molecule has 146 valence electrons. The van der Waals surface area contributed by atoms with Gasteiger partial charge in [-0.1, -0.05) is 6.42 Å². The number of ether oxygens (including phenoxy) is 1. The molecule has 1 aromatic carbocycles. The van der Waals surface area contributed by atoms with Crippen LogP contribution in [0.2, 0.25) is 0 Å². The first kappa shape index (κ1) is 18.5. The van der Waals surface area contributed by atoms with Gasteiger partial charge in [-0.15, -0.1) is 0 Å². The molecule has 1 aromatic heterocycles. The molecule has 0 amide bonds. The SMILES string of the molecule is CCOc1ccc(-c2nccn2C[C@@H]2CCCN3CCCC[C@H]23)cc1CO. The fourth-order valence-corrected chi connectivity index (χ4v) is 4.90. The van der Waals surface area contributed by atoms with Gasteiger partial charge in [0.1, 0.15) is 11.6 Å². The van der Waals surface area contributed by atoms with Crippen molar-refractivity contribution in [2.24, 2.45) is 5.92 Å². The molecule has 2 aliphatic rings. The minimum atomic E-state index is -0.0243. The van der Waals surface area contributed by atoms with Crippen LogP contribution in [0.5, 0.6) is 5.75 Å². The Hall–Kier alpha value is -1.85. The van der Waals surface area contributed by atoms with Crippen LogP contribution in [0.3, 0.4) is 0 Å². The maximum atomic E-state index is 9.71. The summed E-state index contributed by atoms with van der Waals surface area (Å²) in [5.41, 5.74) is 1.86. The molecule has 0 radical (unpaired) electrons. The van der Waals surface area contributed by atoms with Gasteiger partial charge in [-0.25, -0.2) is 4.98 Å². The minimum absolute atomic E-state index is 0.0243. The quantitative estimate of drug-likeness (QED) is 0.843. The molecule has 4 rings (SSSR count). The van der Waals surface area contributed by atoms with E-state index in [1.807, 2.05) is 25.3 Å². The highest BCUT2D eigenvalue weighted by Crippen LogP contribution is 2.33. The van der Waals surface area contributed by atoms with Crippen LogP contribution >= 0.6 is 0 Å². The Labute approximate surface area is 162 Å². The van der Waals surface area contributed by atoms with Crippen LogP contribution in [0.1, 0.15) is 44.6 Å². The zero-order valence-electron chi connectivity index (χ0n) is 16.3. The van der Waals surface area contributed by atoms with Gasteiger partial charge in [0, 0.05) is 36.1 Å². The molecule has 2 atom stereocenters. The number of piperidine rings is 2. The van der Waals surface area contributed by atoms with E-state index in [1.165, 1.54) is 45.2 Å². The Morgan fingerprint density at radius 1 is 1.19 bits per heavy atom. The summed E-state index contributed by atoms with van der Waals surface area (Å²) in [5.74, 6) is 2.44. The number of hydrogen-bond donors (Lipinski definition) is 1. The molecule has 1 N–H and O–H groups in total. The van der Waals surface area contributed by atoms with Crippen molar-refractivity contribution in [2.75, 3.05) is 19.7 Å². The fraction of sp³-hybridized carbons (Fsp3) is 0.591. The van der Waals surface area contributed by atoms with E-state index in [0.29, 0.717) is 12.5 Å². The molecule has 5 nitrogen and oxygen atoms in total. The number of hydrogen-bond acceptors (Lipinski definition) is 4. The highest BCUT2D eigenvalue weighted by Gasteiger charge is 2.33. The molecular formula is C22H31N3O2. The van der Waals surface area contributed by atoms with Gasteiger partial charge in [0.25, 0.3) is 0 Å². The summed E-state index contributed by atoms with van der Waals surface area (Å²) < 4.78 is 7.92. The molecule has 2 saturated heterocycles. The third-order valence-corrected chi connectivity index (χ3v) is 6.16. The van der Waals surface area contributed by atoms with Gasteiger partial charge < -0.3 is 19.3 Å². The Kier molecular flexibility index (Phi) is 5.79. The van der Waals surface area contributed by atoms with E-state index in [2.05, 4.69) is 26.7 Å². The van der Waals surface area contributed by atoms with Gasteiger partial charge in [-0.2, -0.15) is 0 Å². The summed E-state index contributed by atoms with van der Waals surface area (Å²) >= 11 is 0. The van der Waals surface area contributed by atoms with Gasteiger partial charge in [0.05, 0.1) is 13.2 Å². The first-order valence-corrected chi connectivity index (χ1v) is 10.4. The molecule has 0 spiro atoms. The first-order valence-electron chi connectivity index (χ1n) is 10.4. The van der Waals surface area contributed by atoms with Crippen molar-refractivity contribution in [2.45, 2.75) is 58.2 Å². The van der Waals surface area contributed by atoms with Gasteiger partial charge in [0.2, 0.25) is 0 Å². The lowest BCUT2D eigenvalue weighted by atomic mass is 9.83. The molecule has 0 aliphatic carbocycles. The van der Waals surface area contributed by atoms with Gasteiger partial charge in [-0.05, 0) is 69.8 Å². The maximum absolute atomic E-state index is 9.71. The number of aliphatic hydroxyl groups excluding tert-OH is 1. The van der Waals surface area contributed by atoms with Crippen molar-refractivity contribution in [3.63, 3.8) is 0 Å². The second-order valence-corrected chi connectivity index (χ2v) is 7.82. The van der Waals surface area contributed by atoms with E-state index in [0.717, 1.165) is 35.3 Å². The Morgan fingerprint density at radius 2 is 2.07 bits per heavy atom. The van der Waals surface area contributed by atoms with E-state index in [1.54, 1.807) is 0 Å². The number of aromatic nitrogens is 2.